The smallest absolute Gasteiger partial charge is 0.345 e. The quantitative estimate of drug-likeness (QED) is 0.351. The van der Waals surface area contributed by atoms with Gasteiger partial charge in [0.1, 0.15) is 23.4 Å². The van der Waals surface area contributed by atoms with Crippen LogP contribution in [0.2, 0.25) is 10.2 Å². The van der Waals surface area contributed by atoms with E-state index in [0.717, 1.165) is 10.1 Å². The molecule has 0 aliphatic rings. The summed E-state index contributed by atoms with van der Waals surface area (Å²) >= 11 is 12.4. The fourth-order valence-corrected chi connectivity index (χ4v) is 4.32. The average molecular weight is 510 g/mol. The molecule has 0 bridgehead atoms. The zero-order valence-electron chi connectivity index (χ0n) is 18.2. The van der Waals surface area contributed by atoms with Crippen molar-refractivity contribution in [1.29, 1.82) is 0 Å². The van der Waals surface area contributed by atoms with Gasteiger partial charge in [-0.05, 0) is 43.9 Å². The van der Waals surface area contributed by atoms with Gasteiger partial charge < -0.3 is 14.8 Å². The van der Waals surface area contributed by atoms with Crippen molar-refractivity contribution in [1.82, 2.24) is 24.8 Å². The van der Waals surface area contributed by atoms with E-state index in [1.165, 1.54) is 0 Å². The Morgan fingerprint density at radius 3 is 2.53 bits per heavy atom. The highest BCUT2D eigenvalue weighted by molar-refractivity contribution is 6.35. The number of hydrogen-bond acceptors (Lipinski definition) is 4. The van der Waals surface area contributed by atoms with Gasteiger partial charge in [0.05, 0.1) is 22.6 Å². The minimum atomic E-state index is -4.47. The van der Waals surface area contributed by atoms with Crippen molar-refractivity contribution in [2.24, 2.45) is 0 Å². The lowest BCUT2D eigenvalue weighted by Crippen LogP contribution is -2.24. The second kappa shape index (κ2) is 9.40. The third-order valence-electron chi connectivity index (χ3n) is 5.13. The molecule has 0 atom stereocenters. The van der Waals surface area contributed by atoms with Crippen LogP contribution in [0.15, 0.2) is 42.5 Å². The number of alkyl halides is 3. The van der Waals surface area contributed by atoms with Gasteiger partial charge in [0.15, 0.2) is 5.15 Å². The van der Waals surface area contributed by atoms with Crippen molar-refractivity contribution in [3.63, 3.8) is 0 Å². The number of benzene rings is 2. The number of rotatable bonds is 6. The topological polar surface area (TPSA) is 63.1 Å². The van der Waals surface area contributed by atoms with Crippen molar-refractivity contribution in [2.45, 2.75) is 25.8 Å². The molecule has 1 amide bonds. The van der Waals surface area contributed by atoms with E-state index in [0.29, 0.717) is 23.0 Å². The minimum Gasteiger partial charge on any atom is -0.345 e. The van der Waals surface area contributed by atoms with Crippen LogP contribution in [0.5, 0.6) is 0 Å². The average Bonchev–Trinajstić information content (AvgIpc) is 3.04. The molecule has 0 spiro atoms. The standard InChI is InChI=1S/C23H20Cl2F3N5O/c1-32(2)11-13-7-8-17-15(9-13)19-20(33(17)12-23(26,27)28)21(25)31-18(30-19)10-29-22(34)14-5-3-4-6-16(14)24/h3-9H,10-12H2,1-2H3,(H,29,34). The highest BCUT2D eigenvalue weighted by Crippen LogP contribution is 2.34. The Morgan fingerprint density at radius 2 is 1.85 bits per heavy atom. The lowest BCUT2D eigenvalue weighted by Gasteiger charge is -2.12. The highest BCUT2D eigenvalue weighted by Gasteiger charge is 2.31. The Morgan fingerprint density at radius 1 is 1.12 bits per heavy atom. The van der Waals surface area contributed by atoms with Gasteiger partial charge in [-0.15, -0.1) is 0 Å². The van der Waals surface area contributed by atoms with E-state index < -0.39 is 18.6 Å². The number of amides is 1. The van der Waals surface area contributed by atoms with Crippen LogP contribution in [0.25, 0.3) is 21.9 Å². The first kappa shape index (κ1) is 24.3. The molecule has 11 heteroatoms. The number of carbonyl (C=O) groups excluding carboxylic acids is 1. The van der Waals surface area contributed by atoms with Gasteiger partial charge in [-0.2, -0.15) is 13.2 Å². The lowest BCUT2D eigenvalue weighted by atomic mass is 10.1. The molecule has 0 saturated carbocycles. The summed E-state index contributed by atoms with van der Waals surface area (Å²) in [5, 5.41) is 3.37. The van der Waals surface area contributed by atoms with Gasteiger partial charge in [-0.25, -0.2) is 9.97 Å². The molecule has 0 aliphatic carbocycles. The highest BCUT2D eigenvalue weighted by atomic mass is 35.5. The summed E-state index contributed by atoms with van der Waals surface area (Å²) in [5.74, 6) is -0.264. The maximum atomic E-state index is 13.4. The second-order valence-electron chi connectivity index (χ2n) is 8.08. The van der Waals surface area contributed by atoms with Crippen molar-refractivity contribution >= 4 is 51.0 Å². The van der Waals surface area contributed by atoms with E-state index in [1.54, 1.807) is 42.5 Å². The Bertz CT molecular complexity index is 1380. The van der Waals surface area contributed by atoms with Crippen LogP contribution in [0.3, 0.4) is 0 Å². The van der Waals surface area contributed by atoms with Gasteiger partial charge in [0, 0.05) is 11.9 Å². The molecule has 2 aromatic heterocycles. The molecule has 0 unspecified atom stereocenters. The molecule has 34 heavy (non-hydrogen) atoms. The van der Waals surface area contributed by atoms with Crippen LogP contribution in [0.1, 0.15) is 21.7 Å². The van der Waals surface area contributed by atoms with Gasteiger partial charge >= 0.3 is 6.18 Å². The summed E-state index contributed by atoms with van der Waals surface area (Å²) < 4.78 is 41.2. The predicted octanol–water partition coefficient (Wildman–Crippen LogP) is 5.45. The number of fused-ring (bicyclic) bond motifs is 3. The van der Waals surface area contributed by atoms with E-state index in [2.05, 4.69) is 15.3 Å². The molecular weight excluding hydrogens is 490 g/mol. The molecule has 1 N–H and O–H groups in total. The van der Waals surface area contributed by atoms with Crippen LogP contribution in [-0.2, 0) is 19.6 Å². The monoisotopic (exact) mass is 509 g/mol. The van der Waals surface area contributed by atoms with Crippen molar-refractivity contribution in [2.75, 3.05) is 14.1 Å². The van der Waals surface area contributed by atoms with Gasteiger partial charge in [0.2, 0.25) is 0 Å². The molecule has 2 aromatic carbocycles. The van der Waals surface area contributed by atoms with E-state index in [-0.39, 0.29) is 33.6 Å². The third-order valence-corrected chi connectivity index (χ3v) is 5.72. The SMILES string of the molecule is CN(C)Cc1ccc2c(c1)c1nc(CNC(=O)c3ccccc3Cl)nc(Cl)c1n2CC(F)(F)F. The lowest BCUT2D eigenvalue weighted by molar-refractivity contribution is -0.139. The molecule has 2 heterocycles. The number of carbonyl (C=O) groups is 1. The van der Waals surface area contributed by atoms with Crippen molar-refractivity contribution in [3.05, 3.63) is 69.6 Å². The largest absolute Gasteiger partial charge is 0.406 e. The van der Waals surface area contributed by atoms with E-state index in [9.17, 15) is 18.0 Å². The zero-order chi connectivity index (χ0) is 24.6. The maximum Gasteiger partial charge on any atom is 0.406 e. The first-order chi connectivity index (χ1) is 16.0. The predicted molar refractivity (Wildman–Crippen MR) is 126 cm³/mol. The van der Waals surface area contributed by atoms with Crippen LogP contribution in [0, 0.1) is 0 Å². The summed E-state index contributed by atoms with van der Waals surface area (Å²) in [6.07, 6.45) is -4.47. The number of nitrogens with one attached hydrogen (secondary N) is 1. The molecular formula is C23H20Cl2F3N5O. The Hall–Kier alpha value is -2.88. The molecule has 0 radical (unpaired) electrons. The van der Waals surface area contributed by atoms with Crippen molar-refractivity contribution < 1.29 is 18.0 Å². The first-order valence-corrected chi connectivity index (χ1v) is 11.0. The summed E-state index contributed by atoms with van der Waals surface area (Å²) in [5.41, 5.74) is 1.93. The zero-order valence-corrected chi connectivity index (χ0v) is 19.8. The minimum absolute atomic E-state index is 0.0803. The molecule has 0 aliphatic heterocycles. The number of nitrogens with zero attached hydrogens (tertiary/aromatic N) is 4. The van der Waals surface area contributed by atoms with Crippen LogP contribution in [-0.4, -0.2) is 45.6 Å². The fraction of sp³-hybridized carbons (Fsp3) is 0.261. The van der Waals surface area contributed by atoms with Gasteiger partial charge in [-0.3, -0.25) is 4.79 Å². The second-order valence-corrected chi connectivity index (χ2v) is 8.85. The molecule has 178 valence electrons. The number of hydrogen-bond donors (Lipinski definition) is 1. The molecule has 6 nitrogen and oxygen atoms in total. The molecule has 4 aromatic rings. The fourth-order valence-electron chi connectivity index (χ4n) is 3.81. The Balaban J connectivity index is 1.78. The Kier molecular flexibility index (Phi) is 6.71. The van der Waals surface area contributed by atoms with Crippen molar-refractivity contribution in [3.8, 4) is 0 Å². The summed E-state index contributed by atoms with van der Waals surface area (Å²) in [6, 6.07) is 11.8. The number of halogens is 5. The third kappa shape index (κ3) is 5.11. The van der Waals surface area contributed by atoms with Gasteiger partial charge in [0.25, 0.3) is 5.91 Å². The summed E-state index contributed by atoms with van der Waals surface area (Å²) in [6.45, 7) is -0.712. The van der Waals surface area contributed by atoms with Gasteiger partial charge in [-0.1, -0.05) is 41.4 Å². The van der Waals surface area contributed by atoms with Crippen LogP contribution in [0.4, 0.5) is 13.2 Å². The Labute approximate surface area is 203 Å². The van der Waals surface area contributed by atoms with Crippen LogP contribution >= 0.6 is 23.2 Å². The normalized spacial score (nSPS) is 12.1. The molecule has 0 fully saturated rings. The van der Waals surface area contributed by atoms with E-state index >= 15 is 0 Å². The molecule has 4 rings (SSSR count). The number of aromatic nitrogens is 3. The van der Waals surface area contributed by atoms with E-state index in [4.69, 9.17) is 23.2 Å². The summed E-state index contributed by atoms with van der Waals surface area (Å²) in [4.78, 5) is 23.1. The maximum absolute atomic E-state index is 13.4. The summed E-state index contributed by atoms with van der Waals surface area (Å²) in [7, 11) is 3.80. The van der Waals surface area contributed by atoms with Crippen LogP contribution < -0.4 is 5.32 Å². The molecule has 0 saturated heterocycles. The van der Waals surface area contributed by atoms with E-state index in [1.807, 2.05) is 19.0 Å². The first-order valence-electron chi connectivity index (χ1n) is 10.2.